The minimum absolute atomic E-state index is 0.0740. The van der Waals surface area contributed by atoms with Crippen LogP contribution in [0.5, 0.6) is 0 Å². The third kappa shape index (κ3) is 3.78. The molecule has 1 aromatic heterocycles. The standard InChI is InChI=1S/C10H16N2O/c1-9(2)7-11-10(13)8-12-5-3-4-6-12/h3-6,9H,7-8H2,1-2H3,(H,11,13). The summed E-state index contributed by atoms with van der Waals surface area (Å²) in [6.45, 7) is 5.33. The van der Waals surface area contributed by atoms with E-state index in [9.17, 15) is 4.79 Å². The van der Waals surface area contributed by atoms with Crippen LogP contribution >= 0.6 is 0 Å². The molecule has 1 aromatic rings. The Labute approximate surface area is 78.8 Å². The summed E-state index contributed by atoms with van der Waals surface area (Å²) in [5.74, 6) is 0.582. The van der Waals surface area contributed by atoms with Gasteiger partial charge in [0.2, 0.25) is 5.91 Å². The number of nitrogens with zero attached hydrogens (tertiary/aromatic N) is 1. The molecule has 0 spiro atoms. The summed E-state index contributed by atoms with van der Waals surface area (Å²) in [7, 11) is 0. The van der Waals surface area contributed by atoms with Crippen molar-refractivity contribution in [3.05, 3.63) is 24.5 Å². The molecule has 1 amide bonds. The van der Waals surface area contributed by atoms with Crippen LogP contribution in [0, 0.1) is 5.92 Å². The van der Waals surface area contributed by atoms with Crippen LogP contribution in [-0.2, 0) is 11.3 Å². The van der Waals surface area contributed by atoms with Crippen molar-refractivity contribution in [2.45, 2.75) is 20.4 Å². The quantitative estimate of drug-likeness (QED) is 0.743. The number of hydrogen-bond donors (Lipinski definition) is 1. The van der Waals surface area contributed by atoms with E-state index in [1.54, 1.807) is 0 Å². The first-order valence-electron chi connectivity index (χ1n) is 4.56. The predicted octanol–water partition coefficient (Wildman–Crippen LogP) is 1.26. The molecule has 0 atom stereocenters. The molecule has 72 valence electrons. The van der Waals surface area contributed by atoms with Gasteiger partial charge < -0.3 is 9.88 Å². The molecule has 3 heteroatoms. The normalized spacial score (nSPS) is 10.4. The summed E-state index contributed by atoms with van der Waals surface area (Å²) in [6, 6.07) is 3.82. The van der Waals surface area contributed by atoms with Crippen LogP contribution in [0.3, 0.4) is 0 Å². The van der Waals surface area contributed by atoms with Crippen LogP contribution in [0.1, 0.15) is 13.8 Å². The molecule has 0 fully saturated rings. The maximum absolute atomic E-state index is 11.3. The summed E-state index contributed by atoms with van der Waals surface area (Å²) < 4.78 is 1.86. The number of hydrogen-bond acceptors (Lipinski definition) is 1. The second kappa shape index (κ2) is 4.70. The molecule has 13 heavy (non-hydrogen) atoms. The van der Waals surface area contributed by atoms with Gasteiger partial charge in [-0.1, -0.05) is 13.8 Å². The van der Waals surface area contributed by atoms with E-state index in [1.807, 2.05) is 29.1 Å². The van der Waals surface area contributed by atoms with Crippen molar-refractivity contribution in [3.8, 4) is 0 Å². The topological polar surface area (TPSA) is 34.0 Å². The fraction of sp³-hybridized carbons (Fsp3) is 0.500. The number of aromatic nitrogens is 1. The zero-order valence-corrected chi connectivity index (χ0v) is 8.16. The molecule has 1 N–H and O–H groups in total. The largest absolute Gasteiger partial charge is 0.354 e. The summed E-state index contributed by atoms with van der Waals surface area (Å²) in [4.78, 5) is 11.3. The van der Waals surface area contributed by atoms with Crippen molar-refractivity contribution in [1.82, 2.24) is 9.88 Å². The SMILES string of the molecule is CC(C)CNC(=O)Cn1cccc1. The van der Waals surface area contributed by atoms with Crippen LogP contribution in [0.4, 0.5) is 0 Å². The van der Waals surface area contributed by atoms with Crippen molar-refractivity contribution in [2.75, 3.05) is 6.54 Å². The lowest BCUT2D eigenvalue weighted by Crippen LogP contribution is -2.30. The molecular formula is C10H16N2O. The molecule has 3 nitrogen and oxygen atoms in total. The number of carbonyl (C=O) groups excluding carboxylic acids is 1. The van der Waals surface area contributed by atoms with E-state index in [1.165, 1.54) is 0 Å². The molecule has 0 aromatic carbocycles. The van der Waals surface area contributed by atoms with E-state index in [2.05, 4.69) is 19.2 Å². The molecule has 0 aliphatic heterocycles. The first-order valence-corrected chi connectivity index (χ1v) is 4.56. The number of amides is 1. The first-order chi connectivity index (χ1) is 6.18. The molecular weight excluding hydrogens is 164 g/mol. The van der Waals surface area contributed by atoms with Crippen molar-refractivity contribution >= 4 is 5.91 Å². The van der Waals surface area contributed by atoms with E-state index >= 15 is 0 Å². The number of rotatable bonds is 4. The first kappa shape index (κ1) is 9.84. The average molecular weight is 180 g/mol. The lowest BCUT2D eigenvalue weighted by molar-refractivity contribution is -0.121. The molecule has 0 saturated heterocycles. The van der Waals surface area contributed by atoms with E-state index in [-0.39, 0.29) is 5.91 Å². The minimum atomic E-state index is 0.0740. The van der Waals surface area contributed by atoms with Crippen LogP contribution in [0.15, 0.2) is 24.5 Å². The van der Waals surface area contributed by atoms with Crippen LogP contribution < -0.4 is 5.32 Å². The van der Waals surface area contributed by atoms with Gasteiger partial charge in [0.1, 0.15) is 6.54 Å². The third-order valence-electron chi connectivity index (χ3n) is 1.70. The van der Waals surface area contributed by atoms with Gasteiger partial charge in [0, 0.05) is 18.9 Å². The zero-order valence-electron chi connectivity index (χ0n) is 8.16. The molecule has 0 saturated carbocycles. The van der Waals surface area contributed by atoms with Crippen molar-refractivity contribution in [2.24, 2.45) is 5.92 Å². The summed E-state index contributed by atoms with van der Waals surface area (Å²) in [5, 5.41) is 2.86. The van der Waals surface area contributed by atoms with Gasteiger partial charge in [-0.15, -0.1) is 0 Å². The molecule has 0 aliphatic rings. The maximum Gasteiger partial charge on any atom is 0.239 e. The maximum atomic E-state index is 11.3. The van der Waals surface area contributed by atoms with Gasteiger partial charge >= 0.3 is 0 Å². The zero-order chi connectivity index (χ0) is 9.68. The highest BCUT2D eigenvalue weighted by molar-refractivity contribution is 5.75. The van der Waals surface area contributed by atoms with Gasteiger partial charge in [0.15, 0.2) is 0 Å². The fourth-order valence-corrected chi connectivity index (χ4v) is 1.02. The Morgan fingerprint density at radius 1 is 1.38 bits per heavy atom. The number of carbonyl (C=O) groups is 1. The van der Waals surface area contributed by atoms with E-state index < -0.39 is 0 Å². The Bertz CT molecular complexity index is 252. The van der Waals surface area contributed by atoms with Gasteiger partial charge in [-0.3, -0.25) is 4.79 Å². The fourth-order valence-electron chi connectivity index (χ4n) is 1.02. The summed E-state index contributed by atoms with van der Waals surface area (Å²) in [5.41, 5.74) is 0. The lowest BCUT2D eigenvalue weighted by Gasteiger charge is -2.07. The highest BCUT2D eigenvalue weighted by atomic mass is 16.1. The highest BCUT2D eigenvalue weighted by Gasteiger charge is 2.01. The van der Waals surface area contributed by atoms with E-state index in [0.29, 0.717) is 12.5 Å². The smallest absolute Gasteiger partial charge is 0.239 e. The Kier molecular flexibility index (Phi) is 3.55. The molecule has 0 aliphatic carbocycles. The Balaban J connectivity index is 2.26. The Morgan fingerprint density at radius 2 is 2.00 bits per heavy atom. The molecule has 1 heterocycles. The van der Waals surface area contributed by atoms with Crippen molar-refractivity contribution in [3.63, 3.8) is 0 Å². The van der Waals surface area contributed by atoms with Gasteiger partial charge in [-0.25, -0.2) is 0 Å². The van der Waals surface area contributed by atoms with E-state index in [4.69, 9.17) is 0 Å². The minimum Gasteiger partial charge on any atom is -0.354 e. The summed E-state index contributed by atoms with van der Waals surface area (Å²) >= 11 is 0. The molecule has 0 unspecified atom stereocenters. The second-order valence-electron chi connectivity index (χ2n) is 3.55. The Morgan fingerprint density at radius 3 is 2.54 bits per heavy atom. The van der Waals surface area contributed by atoms with Crippen molar-refractivity contribution < 1.29 is 4.79 Å². The van der Waals surface area contributed by atoms with Gasteiger partial charge in [0.25, 0.3) is 0 Å². The monoisotopic (exact) mass is 180 g/mol. The van der Waals surface area contributed by atoms with Gasteiger partial charge in [-0.05, 0) is 18.1 Å². The predicted molar refractivity (Wildman–Crippen MR) is 52.3 cm³/mol. The average Bonchev–Trinajstić information content (AvgIpc) is 2.53. The highest BCUT2D eigenvalue weighted by Crippen LogP contribution is 1.91. The molecule has 0 radical (unpaired) electrons. The summed E-state index contributed by atoms with van der Waals surface area (Å²) in [6.07, 6.45) is 3.77. The van der Waals surface area contributed by atoms with Crippen LogP contribution in [-0.4, -0.2) is 17.0 Å². The van der Waals surface area contributed by atoms with Crippen LogP contribution in [0.25, 0.3) is 0 Å². The van der Waals surface area contributed by atoms with Gasteiger partial charge in [-0.2, -0.15) is 0 Å². The molecule has 1 rings (SSSR count). The Hall–Kier alpha value is -1.25. The second-order valence-corrected chi connectivity index (χ2v) is 3.55. The van der Waals surface area contributed by atoms with E-state index in [0.717, 1.165) is 6.54 Å². The lowest BCUT2D eigenvalue weighted by atomic mass is 10.2. The third-order valence-corrected chi connectivity index (χ3v) is 1.70. The number of nitrogens with one attached hydrogen (secondary N) is 1. The van der Waals surface area contributed by atoms with Crippen molar-refractivity contribution in [1.29, 1.82) is 0 Å². The van der Waals surface area contributed by atoms with Crippen LogP contribution in [0.2, 0.25) is 0 Å². The molecule has 0 bridgehead atoms. The van der Waals surface area contributed by atoms with Gasteiger partial charge in [0.05, 0.1) is 0 Å².